The van der Waals surface area contributed by atoms with Gasteiger partial charge in [0.15, 0.2) is 11.5 Å². The lowest BCUT2D eigenvalue weighted by molar-refractivity contribution is -0.130. The topological polar surface area (TPSA) is 56.6 Å². The summed E-state index contributed by atoms with van der Waals surface area (Å²) in [4.78, 5) is 18.7. The van der Waals surface area contributed by atoms with Gasteiger partial charge in [-0.05, 0) is 43.4 Å². The molecule has 1 fully saturated rings. The van der Waals surface area contributed by atoms with E-state index in [0.717, 1.165) is 43.3 Å². The first kappa shape index (κ1) is 18.3. The molecule has 140 valence electrons. The molecule has 0 N–H and O–H groups in total. The van der Waals surface area contributed by atoms with Crippen molar-refractivity contribution in [3.05, 3.63) is 42.0 Å². The summed E-state index contributed by atoms with van der Waals surface area (Å²) < 4.78 is 12.7. The molecule has 3 rings (SSSR count). The Morgan fingerprint density at radius 3 is 2.77 bits per heavy atom. The number of likely N-dealkylation sites (tertiary alicyclic amines) is 1. The summed E-state index contributed by atoms with van der Waals surface area (Å²) in [6.45, 7) is 4.33. The number of hydrogen-bond acceptors (Lipinski definition) is 4. The summed E-state index contributed by atoms with van der Waals surface area (Å²) in [5, 5.41) is 0. The van der Waals surface area contributed by atoms with Crippen LogP contribution >= 0.6 is 0 Å². The maximum atomic E-state index is 12.5. The summed E-state index contributed by atoms with van der Waals surface area (Å²) in [5.74, 6) is 3.17. The zero-order valence-corrected chi connectivity index (χ0v) is 15.8. The van der Waals surface area contributed by atoms with Crippen molar-refractivity contribution in [1.29, 1.82) is 0 Å². The third-order valence-corrected chi connectivity index (χ3v) is 5.10. The van der Waals surface area contributed by atoms with Crippen LogP contribution in [0.25, 0.3) is 0 Å². The molecule has 0 radical (unpaired) electrons. The Morgan fingerprint density at radius 2 is 2.08 bits per heavy atom. The zero-order chi connectivity index (χ0) is 18.5. The molecule has 1 aromatic carbocycles. The molecule has 1 aromatic heterocycles. The Hall–Kier alpha value is -2.50. The van der Waals surface area contributed by atoms with Crippen LogP contribution in [-0.4, -0.2) is 47.7 Å². The number of aryl methyl sites for hydroxylation is 2. The highest BCUT2D eigenvalue weighted by atomic mass is 16.5. The monoisotopic (exact) mass is 357 g/mol. The van der Waals surface area contributed by atoms with Gasteiger partial charge < -0.3 is 18.9 Å². The van der Waals surface area contributed by atoms with Crippen molar-refractivity contribution in [3.63, 3.8) is 0 Å². The minimum absolute atomic E-state index is 0.230. The average molecular weight is 357 g/mol. The summed E-state index contributed by atoms with van der Waals surface area (Å²) in [5.41, 5.74) is 1.22. The molecule has 0 bridgehead atoms. The first-order chi connectivity index (χ1) is 12.6. The fourth-order valence-corrected chi connectivity index (χ4v) is 3.58. The fourth-order valence-electron chi connectivity index (χ4n) is 3.58. The molecule has 2 aromatic rings. The lowest BCUT2D eigenvalue weighted by Crippen LogP contribution is -2.29. The van der Waals surface area contributed by atoms with E-state index in [9.17, 15) is 4.79 Å². The second-order valence-electron chi connectivity index (χ2n) is 6.81. The van der Waals surface area contributed by atoms with Gasteiger partial charge >= 0.3 is 0 Å². The molecule has 0 saturated carbocycles. The summed E-state index contributed by atoms with van der Waals surface area (Å²) in [6, 6.07) is 6.05. The van der Waals surface area contributed by atoms with Crippen molar-refractivity contribution in [3.8, 4) is 11.5 Å². The molecular weight excluding hydrogens is 330 g/mol. The molecular formula is C20H27N3O3. The lowest BCUT2D eigenvalue weighted by Gasteiger charge is -2.17. The van der Waals surface area contributed by atoms with Crippen molar-refractivity contribution in [1.82, 2.24) is 14.5 Å². The van der Waals surface area contributed by atoms with E-state index in [1.54, 1.807) is 20.4 Å². The standard InChI is InChI=1S/C20H27N3O3/c1-15-21-8-11-22(15)10-7-20(24)23-9-6-17(14-23)12-16-4-5-18(25-2)19(13-16)26-3/h4-5,8,11,13,17H,6-7,9-10,12,14H2,1-3H3. The number of carbonyl (C=O) groups is 1. The smallest absolute Gasteiger partial charge is 0.224 e. The van der Waals surface area contributed by atoms with Crippen LogP contribution < -0.4 is 9.47 Å². The number of ether oxygens (including phenoxy) is 2. The van der Waals surface area contributed by atoms with Gasteiger partial charge in [-0.15, -0.1) is 0 Å². The molecule has 26 heavy (non-hydrogen) atoms. The Bertz CT molecular complexity index is 757. The van der Waals surface area contributed by atoms with Crippen molar-refractivity contribution in [2.45, 2.75) is 32.7 Å². The Kier molecular flexibility index (Phi) is 5.81. The normalized spacial score (nSPS) is 16.7. The van der Waals surface area contributed by atoms with E-state index in [2.05, 4.69) is 11.1 Å². The number of amides is 1. The van der Waals surface area contributed by atoms with Crippen LogP contribution in [0.5, 0.6) is 11.5 Å². The third kappa shape index (κ3) is 4.18. The molecule has 1 aliphatic heterocycles. The molecule has 6 heteroatoms. The van der Waals surface area contributed by atoms with E-state index in [-0.39, 0.29) is 5.91 Å². The van der Waals surface area contributed by atoms with Gasteiger partial charge in [0.05, 0.1) is 14.2 Å². The lowest BCUT2D eigenvalue weighted by atomic mass is 9.98. The van der Waals surface area contributed by atoms with Crippen LogP contribution in [0.1, 0.15) is 24.2 Å². The van der Waals surface area contributed by atoms with Crippen LogP contribution in [0.4, 0.5) is 0 Å². The van der Waals surface area contributed by atoms with Gasteiger partial charge in [0, 0.05) is 38.4 Å². The second-order valence-corrected chi connectivity index (χ2v) is 6.81. The van der Waals surface area contributed by atoms with E-state index < -0.39 is 0 Å². The van der Waals surface area contributed by atoms with Crippen LogP contribution in [-0.2, 0) is 17.8 Å². The van der Waals surface area contributed by atoms with Gasteiger partial charge in [-0.25, -0.2) is 4.98 Å². The minimum atomic E-state index is 0.230. The molecule has 0 spiro atoms. The highest BCUT2D eigenvalue weighted by Gasteiger charge is 2.26. The zero-order valence-electron chi connectivity index (χ0n) is 15.8. The van der Waals surface area contributed by atoms with E-state index in [1.165, 1.54) is 5.56 Å². The van der Waals surface area contributed by atoms with E-state index in [0.29, 0.717) is 18.9 Å². The quantitative estimate of drug-likeness (QED) is 0.764. The largest absolute Gasteiger partial charge is 0.493 e. The molecule has 1 amide bonds. The van der Waals surface area contributed by atoms with Gasteiger partial charge in [0.2, 0.25) is 5.91 Å². The molecule has 0 aliphatic carbocycles. The Labute approximate surface area is 154 Å². The summed E-state index contributed by atoms with van der Waals surface area (Å²) in [7, 11) is 3.29. The first-order valence-corrected chi connectivity index (χ1v) is 9.07. The number of aromatic nitrogens is 2. The highest BCUT2D eigenvalue weighted by molar-refractivity contribution is 5.76. The number of rotatable bonds is 7. The summed E-state index contributed by atoms with van der Waals surface area (Å²) in [6.07, 6.45) is 6.22. The maximum Gasteiger partial charge on any atom is 0.224 e. The van der Waals surface area contributed by atoms with Crippen molar-refractivity contribution in [2.24, 2.45) is 5.92 Å². The second kappa shape index (κ2) is 8.25. The maximum absolute atomic E-state index is 12.5. The number of carbonyl (C=O) groups excluding carboxylic acids is 1. The van der Waals surface area contributed by atoms with Crippen LogP contribution in [0, 0.1) is 12.8 Å². The highest BCUT2D eigenvalue weighted by Crippen LogP contribution is 2.30. The van der Waals surface area contributed by atoms with Gasteiger partial charge in [-0.1, -0.05) is 6.07 Å². The van der Waals surface area contributed by atoms with E-state index in [4.69, 9.17) is 9.47 Å². The third-order valence-electron chi connectivity index (χ3n) is 5.10. The van der Waals surface area contributed by atoms with Crippen LogP contribution in [0.2, 0.25) is 0 Å². The van der Waals surface area contributed by atoms with Crippen molar-refractivity contribution < 1.29 is 14.3 Å². The van der Waals surface area contributed by atoms with Crippen LogP contribution in [0.3, 0.4) is 0 Å². The average Bonchev–Trinajstić information content (AvgIpc) is 3.28. The van der Waals surface area contributed by atoms with Gasteiger partial charge in [0.1, 0.15) is 5.82 Å². The van der Waals surface area contributed by atoms with E-state index >= 15 is 0 Å². The Balaban J connectivity index is 1.52. The number of methoxy groups -OCH3 is 2. The first-order valence-electron chi connectivity index (χ1n) is 9.07. The predicted molar refractivity (Wildman–Crippen MR) is 99.5 cm³/mol. The SMILES string of the molecule is COc1ccc(CC2CCN(C(=O)CCn3ccnc3C)C2)cc1OC. The summed E-state index contributed by atoms with van der Waals surface area (Å²) >= 11 is 0. The predicted octanol–water partition coefficient (Wildman–Crippen LogP) is 2.69. The minimum Gasteiger partial charge on any atom is -0.493 e. The van der Waals surface area contributed by atoms with Crippen LogP contribution in [0.15, 0.2) is 30.6 Å². The number of hydrogen-bond donors (Lipinski definition) is 0. The molecule has 2 heterocycles. The fraction of sp³-hybridized carbons (Fsp3) is 0.500. The number of nitrogens with zero attached hydrogens (tertiary/aromatic N) is 3. The van der Waals surface area contributed by atoms with Gasteiger partial charge in [-0.3, -0.25) is 4.79 Å². The van der Waals surface area contributed by atoms with Crippen molar-refractivity contribution >= 4 is 5.91 Å². The molecule has 6 nitrogen and oxygen atoms in total. The van der Waals surface area contributed by atoms with Crippen molar-refractivity contribution in [2.75, 3.05) is 27.3 Å². The van der Waals surface area contributed by atoms with E-state index in [1.807, 2.05) is 34.7 Å². The molecule has 1 saturated heterocycles. The molecule has 1 atom stereocenters. The van der Waals surface area contributed by atoms with Gasteiger partial charge in [-0.2, -0.15) is 0 Å². The number of benzene rings is 1. The molecule has 1 aliphatic rings. The Morgan fingerprint density at radius 1 is 1.27 bits per heavy atom. The number of imidazole rings is 1. The van der Waals surface area contributed by atoms with Gasteiger partial charge in [0.25, 0.3) is 0 Å². The molecule has 1 unspecified atom stereocenters.